The molecule has 4 rings (SSSR count). The van der Waals surface area contributed by atoms with E-state index >= 15 is 0 Å². The van der Waals surface area contributed by atoms with Crippen molar-refractivity contribution in [1.82, 2.24) is 24.6 Å². The highest BCUT2D eigenvalue weighted by Crippen LogP contribution is 2.23. The van der Waals surface area contributed by atoms with Gasteiger partial charge in [0, 0.05) is 6.07 Å². The van der Waals surface area contributed by atoms with Gasteiger partial charge in [-0.05, 0) is 40.2 Å². The van der Waals surface area contributed by atoms with Crippen LogP contribution in [0.1, 0.15) is 20.7 Å². The van der Waals surface area contributed by atoms with E-state index in [-0.39, 0.29) is 16.9 Å². The van der Waals surface area contributed by atoms with Gasteiger partial charge in [0.1, 0.15) is 12.1 Å². The fraction of sp³-hybridized carbons (Fsp3) is 0. The van der Waals surface area contributed by atoms with Crippen LogP contribution in [0.4, 0.5) is 5.82 Å². The average Bonchev–Trinajstić information content (AvgIpc) is 3.12. The molecule has 0 saturated carbocycles. The maximum Gasteiger partial charge on any atom is 0.262 e. The number of imide groups is 1. The largest absolute Gasteiger partial charge is 0.384 e. The Labute approximate surface area is 148 Å². The van der Waals surface area contributed by atoms with E-state index in [1.807, 2.05) is 0 Å². The van der Waals surface area contributed by atoms with Crippen molar-refractivity contribution in [1.29, 1.82) is 0 Å². The highest BCUT2D eigenvalue weighted by Gasteiger charge is 2.31. The van der Waals surface area contributed by atoms with Crippen molar-refractivity contribution < 1.29 is 9.59 Å². The second kappa shape index (κ2) is 5.38. The molecular weight excluding hydrogens is 392 g/mol. The highest BCUT2D eigenvalue weighted by atomic mass is 79.9. The molecule has 0 radical (unpaired) electrons. The zero-order chi connectivity index (χ0) is 17.7. The van der Waals surface area contributed by atoms with Crippen molar-refractivity contribution >= 4 is 33.6 Å². The van der Waals surface area contributed by atoms with Gasteiger partial charge >= 0.3 is 0 Å². The zero-order valence-electron chi connectivity index (χ0n) is 12.4. The van der Waals surface area contributed by atoms with E-state index in [4.69, 9.17) is 5.73 Å². The highest BCUT2D eigenvalue weighted by molar-refractivity contribution is 9.10. The Bertz CT molecular complexity index is 1100. The molecule has 3 aromatic rings. The summed E-state index contributed by atoms with van der Waals surface area (Å²) >= 11 is 3.17. The Morgan fingerprint density at radius 1 is 1.04 bits per heavy atom. The monoisotopic (exact) mass is 400 g/mol. The first-order chi connectivity index (χ1) is 12.0. The summed E-state index contributed by atoms with van der Waals surface area (Å²) in [5.74, 6) is -1.32. The summed E-state index contributed by atoms with van der Waals surface area (Å²) in [6.07, 6.45) is 1.53. The number of nitrogens with two attached hydrogens (primary N) is 1. The molecule has 3 N–H and O–H groups in total. The molecule has 25 heavy (non-hydrogen) atoms. The van der Waals surface area contributed by atoms with E-state index in [9.17, 15) is 14.4 Å². The lowest BCUT2D eigenvalue weighted by Crippen LogP contribution is -2.24. The lowest BCUT2D eigenvalue weighted by molar-refractivity contribution is 0.0880. The van der Waals surface area contributed by atoms with Gasteiger partial charge in [-0.1, -0.05) is 0 Å². The normalized spacial score (nSPS) is 13.0. The first-order valence-corrected chi connectivity index (χ1v) is 7.84. The Morgan fingerprint density at radius 3 is 2.36 bits per heavy atom. The van der Waals surface area contributed by atoms with E-state index in [2.05, 4.69) is 31.3 Å². The molecule has 2 amide bonds. The van der Waals surface area contributed by atoms with Gasteiger partial charge in [0.25, 0.3) is 17.4 Å². The average molecular weight is 401 g/mol. The number of anilines is 1. The van der Waals surface area contributed by atoms with Gasteiger partial charge in [-0.2, -0.15) is 0 Å². The summed E-state index contributed by atoms with van der Waals surface area (Å²) in [6.45, 7) is 0. The van der Waals surface area contributed by atoms with Gasteiger partial charge in [-0.3, -0.25) is 24.3 Å². The standard InChI is InChI=1S/C15H9BrN6O3/c16-15-18-6-21(20-15)7-1-3-8(4-2-7)22-10(23)5-9-11(12(22)17)14(25)19-13(9)24/h1-6H,17H2,(H,19,24,25). The third-order valence-corrected chi connectivity index (χ3v) is 4.15. The number of rotatable bonds is 2. The van der Waals surface area contributed by atoms with Crippen LogP contribution in [0.5, 0.6) is 0 Å². The molecule has 0 atom stereocenters. The van der Waals surface area contributed by atoms with Gasteiger partial charge < -0.3 is 5.73 Å². The third-order valence-electron chi connectivity index (χ3n) is 3.79. The first kappa shape index (κ1) is 15.3. The smallest absolute Gasteiger partial charge is 0.262 e. The van der Waals surface area contributed by atoms with Gasteiger partial charge in [0.2, 0.25) is 4.73 Å². The number of benzene rings is 1. The predicted molar refractivity (Wildman–Crippen MR) is 90.9 cm³/mol. The number of nitrogen functional groups attached to an aromatic ring is 1. The van der Waals surface area contributed by atoms with Crippen LogP contribution in [0, 0.1) is 0 Å². The van der Waals surface area contributed by atoms with E-state index in [0.717, 1.165) is 11.8 Å². The minimum atomic E-state index is -0.622. The summed E-state index contributed by atoms with van der Waals surface area (Å²) < 4.78 is 3.18. The van der Waals surface area contributed by atoms with Gasteiger partial charge in [-0.15, -0.1) is 5.10 Å². The minimum Gasteiger partial charge on any atom is -0.384 e. The van der Waals surface area contributed by atoms with Crippen LogP contribution < -0.4 is 16.6 Å². The van der Waals surface area contributed by atoms with Crippen molar-refractivity contribution in [3.8, 4) is 11.4 Å². The van der Waals surface area contributed by atoms with Crippen molar-refractivity contribution in [2.75, 3.05) is 5.73 Å². The lowest BCUT2D eigenvalue weighted by Gasteiger charge is -2.12. The Balaban J connectivity index is 1.83. The SMILES string of the molecule is Nc1c2c(cc(=O)n1-c1ccc(-n3cnc(Br)n3)cc1)C(=O)NC2=O. The summed E-state index contributed by atoms with van der Waals surface area (Å²) in [4.78, 5) is 39.9. The number of nitrogens with zero attached hydrogens (tertiary/aromatic N) is 4. The molecule has 0 unspecified atom stereocenters. The molecule has 0 saturated heterocycles. The second-order valence-corrected chi connectivity index (χ2v) is 5.96. The number of hydrogen-bond donors (Lipinski definition) is 2. The molecular formula is C15H9BrN6O3. The van der Waals surface area contributed by atoms with Crippen LogP contribution in [0.3, 0.4) is 0 Å². The molecule has 0 bridgehead atoms. The minimum absolute atomic E-state index is 0.00663. The molecule has 0 spiro atoms. The van der Waals surface area contributed by atoms with Crippen LogP contribution in [0.2, 0.25) is 0 Å². The summed E-state index contributed by atoms with van der Waals surface area (Å²) in [5.41, 5.74) is 6.67. The quantitative estimate of drug-likeness (QED) is 0.608. The van der Waals surface area contributed by atoms with Crippen LogP contribution >= 0.6 is 15.9 Å². The molecule has 9 nitrogen and oxygen atoms in total. The predicted octanol–water partition coefficient (Wildman–Crippen LogP) is 0.646. The number of carbonyl (C=O) groups is 2. The van der Waals surface area contributed by atoms with Gasteiger partial charge in [0.05, 0.1) is 22.5 Å². The molecule has 3 heterocycles. The maximum atomic E-state index is 12.4. The summed E-state index contributed by atoms with van der Waals surface area (Å²) in [5, 5.41) is 6.25. The van der Waals surface area contributed by atoms with Crippen molar-refractivity contribution in [2.45, 2.75) is 0 Å². The van der Waals surface area contributed by atoms with Gasteiger partial charge in [-0.25, -0.2) is 9.67 Å². The van der Waals surface area contributed by atoms with Crippen molar-refractivity contribution in [3.05, 3.63) is 62.9 Å². The number of amides is 2. The molecule has 1 aromatic carbocycles. The summed E-state index contributed by atoms with van der Waals surface area (Å²) in [6, 6.07) is 7.86. The number of hydrogen-bond acceptors (Lipinski definition) is 6. The molecule has 0 fully saturated rings. The molecule has 1 aliphatic rings. The topological polar surface area (TPSA) is 125 Å². The van der Waals surface area contributed by atoms with E-state index < -0.39 is 17.4 Å². The van der Waals surface area contributed by atoms with Crippen LogP contribution in [0.15, 0.2) is 46.2 Å². The number of aromatic nitrogens is 4. The van der Waals surface area contributed by atoms with E-state index in [0.29, 0.717) is 10.4 Å². The fourth-order valence-corrected chi connectivity index (χ4v) is 2.93. The van der Waals surface area contributed by atoms with Crippen LogP contribution in [-0.4, -0.2) is 31.1 Å². The van der Waals surface area contributed by atoms with E-state index in [1.165, 1.54) is 10.9 Å². The van der Waals surface area contributed by atoms with Gasteiger partial charge in [0.15, 0.2) is 0 Å². The van der Waals surface area contributed by atoms with E-state index in [1.54, 1.807) is 28.9 Å². The molecule has 1 aliphatic heterocycles. The number of halogens is 1. The zero-order valence-corrected chi connectivity index (χ0v) is 14.0. The third kappa shape index (κ3) is 2.34. The Hall–Kier alpha value is -3.27. The molecule has 124 valence electrons. The molecule has 2 aromatic heterocycles. The maximum absolute atomic E-state index is 12.4. The molecule has 0 aliphatic carbocycles. The molecule has 10 heteroatoms. The number of nitrogens with one attached hydrogen (secondary N) is 1. The Kier molecular flexibility index (Phi) is 3.29. The fourth-order valence-electron chi connectivity index (χ4n) is 2.67. The first-order valence-electron chi connectivity index (χ1n) is 7.05. The summed E-state index contributed by atoms with van der Waals surface area (Å²) in [7, 11) is 0. The number of pyridine rings is 1. The second-order valence-electron chi connectivity index (χ2n) is 5.25. The lowest BCUT2D eigenvalue weighted by atomic mass is 10.1. The Morgan fingerprint density at radius 2 is 1.72 bits per heavy atom. The van der Waals surface area contributed by atoms with Crippen LogP contribution in [-0.2, 0) is 0 Å². The van der Waals surface area contributed by atoms with Crippen molar-refractivity contribution in [2.24, 2.45) is 0 Å². The van der Waals surface area contributed by atoms with Crippen LogP contribution in [0.25, 0.3) is 11.4 Å². The number of carbonyl (C=O) groups excluding carboxylic acids is 2. The number of fused-ring (bicyclic) bond motifs is 1. The van der Waals surface area contributed by atoms with Crippen molar-refractivity contribution in [3.63, 3.8) is 0 Å².